The molecule has 1 saturated carbocycles. The molecule has 2 aliphatic rings. The molecule has 0 radical (unpaired) electrons. The number of halogens is 1. The first-order valence-corrected chi connectivity index (χ1v) is 8.24. The van der Waals surface area contributed by atoms with Crippen LogP contribution in [-0.2, 0) is 0 Å². The Kier molecular flexibility index (Phi) is 4.90. The fourth-order valence-corrected chi connectivity index (χ4v) is 4.11. The topological polar surface area (TPSA) is 23.5 Å². The number of hydrogen-bond acceptors (Lipinski definition) is 2. The Labute approximate surface area is 114 Å². The first-order valence-electron chi connectivity index (χ1n) is 7.12. The lowest BCUT2D eigenvalue weighted by Crippen LogP contribution is -2.48. The van der Waals surface area contributed by atoms with E-state index in [0.29, 0.717) is 11.3 Å². The van der Waals surface area contributed by atoms with Crippen molar-refractivity contribution < 1.29 is 5.11 Å². The maximum atomic E-state index is 9.98. The van der Waals surface area contributed by atoms with Crippen molar-refractivity contribution in [2.24, 2.45) is 11.3 Å². The average molecular weight is 304 g/mol. The molecule has 0 aromatic rings. The minimum absolute atomic E-state index is 0.111. The predicted molar refractivity (Wildman–Crippen MR) is 75.5 cm³/mol. The van der Waals surface area contributed by atoms with Gasteiger partial charge >= 0.3 is 0 Å². The van der Waals surface area contributed by atoms with Gasteiger partial charge in [0.2, 0.25) is 0 Å². The zero-order valence-electron chi connectivity index (χ0n) is 11.0. The molecule has 1 saturated heterocycles. The van der Waals surface area contributed by atoms with Gasteiger partial charge in [-0.15, -0.1) is 0 Å². The zero-order valence-corrected chi connectivity index (χ0v) is 12.6. The number of piperidine rings is 1. The van der Waals surface area contributed by atoms with E-state index < -0.39 is 0 Å². The summed E-state index contributed by atoms with van der Waals surface area (Å²) in [6.07, 6.45) is 7.95. The normalized spacial score (nSPS) is 34.8. The molecule has 1 N–H and O–H groups in total. The third kappa shape index (κ3) is 3.45. The van der Waals surface area contributed by atoms with Gasteiger partial charge in [0.1, 0.15) is 0 Å². The Bertz CT molecular complexity index is 240. The Morgan fingerprint density at radius 2 is 2.00 bits per heavy atom. The number of rotatable bonds is 3. The molecule has 0 spiro atoms. The van der Waals surface area contributed by atoms with Gasteiger partial charge in [0.25, 0.3) is 0 Å². The van der Waals surface area contributed by atoms with Crippen molar-refractivity contribution in [3.63, 3.8) is 0 Å². The van der Waals surface area contributed by atoms with Gasteiger partial charge in [-0.1, -0.05) is 42.1 Å². The minimum atomic E-state index is -0.111. The van der Waals surface area contributed by atoms with Gasteiger partial charge in [0, 0.05) is 18.4 Å². The number of nitrogens with zero attached hydrogens (tertiary/aromatic N) is 1. The molecule has 2 nitrogen and oxygen atoms in total. The van der Waals surface area contributed by atoms with Gasteiger partial charge in [-0.05, 0) is 37.1 Å². The number of β-amino-alcohol motifs (C(OH)–C–C–N with tert-alkyl or cyclic N) is 1. The van der Waals surface area contributed by atoms with Crippen molar-refractivity contribution in [2.45, 2.75) is 51.6 Å². The van der Waals surface area contributed by atoms with Gasteiger partial charge in [-0.25, -0.2) is 0 Å². The zero-order chi connectivity index (χ0) is 12.3. The van der Waals surface area contributed by atoms with E-state index in [1.54, 1.807) is 0 Å². The molecule has 1 heterocycles. The summed E-state index contributed by atoms with van der Waals surface area (Å²) >= 11 is 3.73. The smallest absolute Gasteiger partial charge is 0.0693 e. The molecule has 1 aliphatic carbocycles. The van der Waals surface area contributed by atoms with Gasteiger partial charge in [-0.3, -0.25) is 0 Å². The Morgan fingerprint density at radius 3 is 2.59 bits per heavy atom. The highest BCUT2D eigenvalue weighted by Gasteiger charge is 2.35. The van der Waals surface area contributed by atoms with Crippen LogP contribution < -0.4 is 0 Å². The van der Waals surface area contributed by atoms with E-state index in [2.05, 4.69) is 27.8 Å². The second-order valence-electron chi connectivity index (χ2n) is 6.26. The highest BCUT2D eigenvalue weighted by molar-refractivity contribution is 9.09. The summed E-state index contributed by atoms with van der Waals surface area (Å²) in [6, 6.07) is 0. The molecule has 2 atom stereocenters. The van der Waals surface area contributed by atoms with E-state index in [9.17, 15) is 5.11 Å². The fourth-order valence-electron chi connectivity index (χ4n) is 3.37. The average Bonchev–Trinajstić information content (AvgIpc) is 2.35. The summed E-state index contributed by atoms with van der Waals surface area (Å²) in [5.74, 6) is 0.484. The van der Waals surface area contributed by atoms with Crippen LogP contribution in [-0.4, -0.2) is 41.1 Å². The summed E-state index contributed by atoms with van der Waals surface area (Å²) < 4.78 is 0. The Hall–Kier alpha value is 0.400. The van der Waals surface area contributed by atoms with Crippen molar-refractivity contribution >= 4 is 15.9 Å². The monoisotopic (exact) mass is 303 g/mol. The van der Waals surface area contributed by atoms with Crippen LogP contribution in [0.25, 0.3) is 0 Å². The molecular weight excluding hydrogens is 278 g/mol. The Balaban J connectivity index is 1.90. The van der Waals surface area contributed by atoms with Gasteiger partial charge in [-0.2, -0.15) is 0 Å². The lowest BCUT2D eigenvalue weighted by atomic mass is 9.75. The summed E-state index contributed by atoms with van der Waals surface area (Å²) in [6.45, 7) is 5.41. The van der Waals surface area contributed by atoms with Crippen LogP contribution in [0.15, 0.2) is 0 Å². The molecule has 0 amide bonds. The molecule has 2 rings (SSSR count). The van der Waals surface area contributed by atoms with Gasteiger partial charge in [0.05, 0.1) is 6.10 Å². The first-order chi connectivity index (χ1) is 8.15. The molecule has 0 aromatic heterocycles. The van der Waals surface area contributed by atoms with E-state index in [1.165, 1.54) is 45.2 Å². The maximum absolute atomic E-state index is 9.98. The van der Waals surface area contributed by atoms with E-state index in [-0.39, 0.29) is 6.10 Å². The van der Waals surface area contributed by atoms with Crippen LogP contribution in [0.1, 0.15) is 45.4 Å². The second kappa shape index (κ2) is 6.03. The van der Waals surface area contributed by atoms with Crippen LogP contribution in [0.5, 0.6) is 0 Å². The minimum Gasteiger partial charge on any atom is -0.392 e. The third-order valence-electron chi connectivity index (χ3n) is 4.76. The molecule has 100 valence electrons. The molecule has 0 bridgehead atoms. The Morgan fingerprint density at radius 1 is 1.29 bits per heavy atom. The number of aliphatic hydroxyl groups is 1. The number of hydrogen-bond donors (Lipinski definition) is 1. The standard InChI is InChI=1S/C14H26BrNO/c1-12-5-8-16(9-13(12)17)11-14(10-15)6-3-2-4-7-14/h12-13,17H,2-11H2,1H3. The molecular formula is C14H26BrNO. The number of aliphatic hydroxyl groups excluding tert-OH is 1. The van der Waals surface area contributed by atoms with Gasteiger partial charge < -0.3 is 10.0 Å². The van der Waals surface area contributed by atoms with E-state index in [1.807, 2.05) is 0 Å². The van der Waals surface area contributed by atoms with E-state index in [4.69, 9.17) is 0 Å². The molecule has 0 aromatic carbocycles. The van der Waals surface area contributed by atoms with E-state index in [0.717, 1.165) is 18.3 Å². The lowest BCUT2D eigenvalue weighted by Gasteiger charge is -2.43. The lowest BCUT2D eigenvalue weighted by molar-refractivity contribution is 0.00712. The van der Waals surface area contributed by atoms with Crippen molar-refractivity contribution in [3.05, 3.63) is 0 Å². The summed E-state index contributed by atoms with van der Waals surface area (Å²) in [5.41, 5.74) is 0.485. The summed E-state index contributed by atoms with van der Waals surface area (Å²) in [4.78, 5) is 2.50. The quantitative estimate of drug-likeness (QED) is 0.810. The molecule has 2 unspecified atom stereocenters. The SMILES string of the molecule is CC1CCN(CC2(CBr)CCCCC2)CC1O. The van der Waals surface area contributed by atoms with E-state index >= 15 is 0 Å². The maximum Gasteiger partial charge on any atom is 0.0693 e. The van der Waals surface area contributed by atoms with Crippen molar-refractivity contribution in [3.8, 4) is 0 Å². The fraction of sp³-hybridized carbons (Fsp3) is 1.00. The molecule has 17 heavy (non-hydrogen) atoms. The number of likely N-dealkylation sites (tertiary alicyclic amines) is 1. The highest BCUT2D eigenvalue weighted by Crippen LogP contribution is 2.39. The van der Waals surface area contributed by atoms with Crippen LogP contribution in [0.2, 0.25) is 0 Å². The predicted octanol–water partition coefficient (Wildman–Crippen LogP) is 3.03. The van der Waals surface area contributed by atoms with Crippen LogP contribution in [0.3, 0.4) is 0 Å². The van der Waals surface area contributed by atoms with Crippen LogP contribution in [0.4, 0.5) is 0 Å². The summed E-state index contributed by atoms with van der Waals surface area (Å²) in [5, 5.41) is 11.1. The van der Waals surface area contributed by atoms with Crippen molar-refractivity contribution in [1.82, 2.24) is 4.90 Å². The summed E-state index contributed by atoms with van der Waals surface area (Å²) in [7, 11) is 0. The molecule has 3 heteroatoms. The molecule has 1 aliphatic heterocycles. The third-order valence-corrected chi connectivity index (χ3v) is 5.95. The first kappa shape index (κ1) is 13.8. The number of alkyl halides is 1. The van der Waals surface area contributed by atoms with Crippen molar-refractivity contribution in [1.29, 1.82) is 0 Å². The van der Waals surface area contributed by atoms with Crippen molar-refractivity contribution in [2.75, 3.05) is 25.0 Å². The highest BCUT2D eigenvalue weighted by atomic mass is 79.9. The van der Waals surface area contributed by atoms with Crippen LogP contribution >= 0.6 is 15.9 Å². The largest absolute Gasteiger partial charge is 0.392 e. The van der Waals surface area contributed by atoms with Gasteiger partial charge in [0.15, 0.2) is 0 Å². The van der Waals surface area contributed by atoms with Crippen LogP contribution in [0, 0.1) is 11.3 Å². The second-order valence-corrected chi connectivity index (χ2v) is 6.82. The molecule has 2 fully saturated rings.